The van der Waals surface area contributed by atoms with Crippen LogP contribution in [0.3, 0.4) is 0 Å². The molecule has 1 aromatic heterocycles. The number of fused-ring (bicyclic) bond motifs is 1. The standard InChI is InChI=1S/C24H19ClN4O4S/c25-15-8-3-1-6-13(15)12-34-24-27-22-21(23(31)28-24)19(14-7-2-4-10-17(14)29(32)33)20-16(26-22)9-5-11-18(20)30/h1-4,6-8,10,19H,5,9,11-12H2,(H2,26,27,28,31)/t19-/m1/s1. The zero-order valence-electron chi connectivity index (χ0n) is 17.8. The second-order valence-electron chi connectivity index (χ2n) is 8.06. The third-order valence-electron chi connectivity index (χ3n) is 6.00. The first-order valence-corrected chi connectivity index (χ1v) is 12.1. The second-order valence-corrected chi connectivity index (χ2v) is 9.43. The van der Waals surface area contributed by atoms with E-state index in [1.54, 1.807) is 24.3 Å². The Morgan fingerprint density at radius 2 is 1.88 bits per heavy atom. The van der Waals surface area contributed by atoms with Crippen LogP contribution in [0.25, 0.3) is 0 Å². The molecule has 0 saturated heterocycles. The van der Waals surface area contributed by atoms with Gasteiger partial charge in [-0.05, 0) is 24.5 Å². The number of hydrogen-bond acceptors (Lipinski definition) is 7. The fourth-order valence-electron chi connectivity index (χ4n) is 4.48. The molecule has 10 heteroatoms. The van der Waals surface area contributed by atoms with Crippen LogP contribution in [0.4, 0.5) is 11.5 Å². The molecule has 2 aliphatic rings. The van der Waals surface area contributed by atoms with Gasteiger partial charge in [0.25, 0.3) is 11.2 Å². The van der Waals surface area contributed by atoms with Crippen LogP contribution in [-0.2, 0) is 10.5 Å². The Labute approximate surface area is 203 Å². The van der Waals surface area contributed by atoms with E-state index in [0.717, 1.165) is 5.56 Å². The van der Waals surface area contributed by atoms with Crippen LogP contribution in [-0.4, -0.2) is 20.7 Å². The lowest BCUT2D eigenvalue weighted by Gasteiger charge is -2.32. The fourth-order valence-corrected chi connectivity index (χ4v) is 5.63. The minimum Gasteiger partial charge on any atom is -0.343 e. The first-order valence-electron chi connectivity index (χ1n) is 10.7. The summed E-state index contributed by atoms with van der Waals surface area (Å²) >= 11 is 7.57. The monoisotopic (exact) mass is 494 g/mol. The maximum atomic E-state index is 13.3. The molecule has 3 aromatic rings. The van der Waals surface area contributed by atoms with Gasteiger partial charge < -0.3 is 10.3 Å². The number of aromatic amines is 1. The topological polar surface area (TPSA) is 118 Å². The molecule has 0 bridgehead atoms. The number of carbonyl (C=O) groups excluding carboxylic acids is 1. The molecule has 0 fully saturated rings. The van der Waals surface area contributed by atoms with E-state index in [1.807, 2.05) is 18.2 Å². The number of allylic oxidation sites excluding steroid dienone is 2. The average molecular weight is 495 g/mol. The van der Waals surface area contributed by atoms with Gasteiger partial charge in [0, 0.05) is 40.1 Å². The molecule has 0 amide bonds. The van der Waals surface area contributed by atoms with Crippen molar-refractivity contribution in [2.75, 3.05) is 5.32 Å². The third kappa shape index (κ3) is 4.01. The van der Waals surface area contributed by atoms with E-state index in [2.05, 4.69) is 15.3 Å². The van der Waals surface area contributed by atoms with Gasteiger partial charge >= 0.3 is 0 Å². The summed E-state index contributed by atoms with van der Waals surface area (Å²) in [7, 11) is 0. The van der Waals surface area contributed by atoms with Crippen LogP contribution in [0, 0.1) is 10.1 Å². The highest BCUT2D eigenvalue weighted by molar-refractivity contribution is 7.98. The van der Waals surface area contributed by atoms with Crippen molar-refractivity contribution in [2.45, 2.75) is 36.1 Å². The minimum absolute atomic E-state index is 0.112. The number of anilines is 1. The molecule has 1 aliphatic carbocycles. The Kier molecular flexibility index (Phi) is 5.97. The number of thioether (sulfide) groups is 1. The molecule has 5 rings (SSSR count). The fraction of sp³-hybridized carbons (Fsp3) is 0.208. The van der Waals surface area contributed by atoms with Crippen LogP contribution >= 0.6 is 23.4 Å². The SMILES string of the molecule is O=C1CCCC2=C1[C@@H](c1ccccc1[N+](=O)[O-])c1c(nc(SCc3ccccc3Cl)[nH]c1=O)N2. The number of H-pyrrole nitrogens is 1. The summed E-state index contributed by atoms with van der Waals surface area (Å²) in [5.74, 6) is -0.151. The average Bonchev–Trinajstić information content (AvgIpc) is 2.82. The molecule has 2 N–H and O–H groups in total. The number of nitrogens with one attached hydrogen (secondary N) is 2. The quantitative estimate of drug-likeness (QED) is 0.217. The lowest BCUT2D eigenvalue weighted by Crippen LogP contribution is -2.33. The second kappa shape index (κ2) is 9.08. The van der Waals surface area contributed by atoms with Crippen LogP contribution in [0.15, 0.2) is 69.8 Å². The van der Waals surface area contributed by atoms with E-state index in [4.69, 9.17) is 11.6 Å². The number of hydrogen-bond donors (Lipinski definition) is 2. The maximum absolute atomic E-state index is 13.3. The van der Waals surface area contributed by atoms with E-state index >= 15 is 0 Å². The van der Waals surface area contributed by atoms with Crippen molar-refractivity contribution in [3.8, 4) is 0 Å². The summed E-state index contributed by atoms with van der Waals surface area (Å²) in [5, 5.41) is 16.0. The van der Waals surface area contributed by atoms with Gasteiger partial charge in [-0.15, -0.1) is 0 Å². The van der Waals surface area contributed by atoms with E-state index in [9.17, 15) is 19.7 Å². The minimum atomic E-state index is -0.862. The first-order chi connectivity index (χ1) is 16.4. The number of carbonyl (C=O) groups is 1. The zero-order valence-corrected chi connectivity index (χ0v) is 19.4. The Morgan fingerprint density at radius 3 is 2.68 bits per heavy atom. The summed E-state index contributed by atoms with van der Waals surface area (Å²) in [6, 6.07) is 13.7. The summed E-state index contributed by atoms with van der Waals surface area (Å²) < 4.78 is 0. The molecule has 1 aliphatic heterocycles. The van der Waals surface area contributed by atoms with E-state index < -0.39 is 16.4 Å². The van der Waals surface area contributed by atoms with Gasteiger partial charge in [0.2, 0.25) is 0 Å². The van der Waals surface area contributed by atoms with Gasteiger partial charge in [-0.1, -0.05) is 59.8 Å². The number of nitro groups is 1. The highest BCUT2D eigenvalue weighted by Gasteiger charge is 2.40. The number of aromatic nitrogens is 2. The predicted molar refractivity (Wildman–Crippen MR) is 130 cm³/mol. The molecule has 1 atom stereocenters. The lowest BCUT2D eigenvalue weighted by atomic mass is 9.76. The smallest absolute Gasteiger partial charge is 0.273 e. The number of Topliss-reactive ketones (excluding diaryl/α,β-unsaturated/α-hetero) is 1. The van der Waals surface area contributed by atoms with Gasteiger partial charge in [-0.3, -0.25) is 19.7 Å². The molecule has 34 heavy (non-hydrogen) atoms. The number of ketones is 1. The number of nitrogens with zero attached hydrogens (tertiary/aromatic N) is 2. The van der Waals surface area contributed by atoms with Crippen molar-refractivity contribution in [2.24, 2.45) is 0 Å². The van der Waals surface area contributed by atoms with E-state index in [-0.39, 0.29) is 17.0 Å². The number of halogens is 1. The molecule has 172 valence electrons. The van der Waals surface area contributed by atoms with E-state index in [0.29, 0.717) is 57.8 Å². The lowest BCUT2D eigenvalue weighted by molar-refractivity contribution is -0.385. The molecule has 2 heterocycles. The largest absolute Gasteiger partial charge is 0.343 e. The van der Waals surface area contributed by atoms with Crippen molar-refractivity contribution >= 4 is 40.7 Å². The van der Waals surface area contributed by atoms with Crippen molar-refractivity contribution in [3.05, 3.63) is 102 Å². The number of rotatable bonds is 5. The van der Waals surface area contributed by atoms with Crippen LogP contribution in [0.1, 0.15) is 41.9 Å². The summed E-state index contributed by atoms with van der Waals surface area (Å²) in [6.07, 6.45) is 1.61. The molecule has 0 unspecified atom stereocenters. The summed E-state index contributed by atoms with van der Waals surface area (Å²) in [5.41, 5.74) is 1.94. The molecule has 8 nitrogen and oxygen atoms in total. The molecule has 0 saturated carbocycles. The van der Waals surface area contributed by atoms with E-state index in [1.165, 1.54) is 17.8 Å². The molecule has 0 radical (unpaired) electrons. The zero-order chi connectivity index (χ0) is 23.8. The predicted octanol–water partition coefficient (Wildman–Crippen LogP) is 5.19. The van der Waals surface area contributed by atoms with Crippen molar-refractivity contribution < 1.29 is 9.72 Å². The summed E-state index contributed by atoms with van der Waals surface area (Å²) in [6.45, 7) is 0. The van der Waals surface area contributed by atoms with Crippen molar-refractivity contribution in [1.82, 2.24) is 9.97 Å². The van der Waals surface area contributed by atoms with Gasteiger partial charge in [-0.2, -0.15) is 0 Å². The molecule has 2 aromatic carbocycles. The van der Waals surface area contributed by atoms with Crippen molar-refractivity contribution in [1.29, 1.82) is 0 Å². The number of nitro benzene ring substituents is 1. The Balaban J connectivity index is 1.61. The van der Waals surface area contributed by atoms with Gasteiger partial charge in [0.1, 0.15) is 5.82 Å². The number of para-hydroxylation sites is 1. The highest BCUT2D eigenvalue weighted by atomic mass is 35.5. The Morgan fingerprint density at radius 1 is 1.12 bits per heavy atom. The third-order valence-corrected chi connectivity index (χ3v) is 7.29. The highest BCUT2D eigenvalue weighted by Crippen LogP contribution is 2.45. The molecule has 0 spiro atoms. The van der Waals surface area contributed by atoms with Crippen molar-refractivity contribution in [3.63, 3.8) is 0 Å². The maximum Gasteiger partial charge on any atom is 0.273 e. The summed E-state index contributed by atoms with van der Waals surface area (Å²) in [4.78, 5) is 45.0. The van der Waals surface area contributed by atoms with Gasteiger partial charge in [0.05, 0.1) is 16.4 Å². The molecular weight excluding hydrogens is 476 g/mol. The van der Waals surface area contributed by atoms with Gasteiger partial charge in [-0.25, -0.2) is 4.98 Å². The van der Waals surface area contributed by atoms with Gasteiger partial charge in [0.15, 0.2) is 10.9 Å². The van der Waals surface area contributed by atoms with Crippen LogP contribution in [0.5, 0.6) is 0 Å². The Hall–Kier alpha value is -3.43. The number of benzene rings is 2. The Bertz CT molecular complexity index is 1420. The van der Waals surface area contributed by atoms with Crippen LogP contribution in [0.2, 0.25) is 5.02 Å². The molecular formula is C24H19ClN4O4S. The first kappa shape index (κ1) is 22.4. The van der Waals surface area contributed by atoms with Crippen LogP contribution < -0.4 is 10.9 Å². The normalized spacial score (nSPS) is 17.1.